The monoisotopic (exact) mass is 487 g/mol. The summed E-state index contributed by atoms with van der Waals surface area (Å²) in [6.45, 7) is 6.53. The van der Waals surface area contributed by atoms with Gasteiger partial charge in [-0.1, -0.05) is 0 Å². The summed E-state index contributed by atoms with van der Waals surface area (Å²) in [6.07, 6.45) is 7.39. The van der Waals surface area contributed by atoms with Crippen molar-refractivity contribution in [3.63, 3.8) is 0 Å². The van der Waals surface area contributed by atoms with Gasteiger partial charge in [0.1, 0.15) is 0 Å². The van der Waals surface area contributed by atoms with Crippen LogP contribution in [0.2, 0.25) is 0 Å². The molecule has 0 aromatic carbocycles. The van der Waals surface area contributed by atoms with Gasteiger partial charge >= 0.3 is 6.01 Å². The number of piperazine rings is 1. The molecule has 0 amide bonds. The number of methoxy groups -OCH3 is 1. The zero-order valence-electron chi connectivity index (χ0n) is 19.0. The molecule has 5 heterocycles. The maximum absolute atomic E-state index is 11.0. The fourth-order valence-electron chi connectivity index (χ4n) is 4.24. The maximum atomic E-state index is 11.0. The van der Waals surface area contributed by atoms with Gasteiger partial charge in [0.05, 0.1) is 37.6 Å². The second-order valence-corrected chi connectivity index (χ2v) is 9.16. The second kappa shape index (κ2) is 10.3. The number of rotatable bonds is 7. The molecule has 0 bridgehead atoms. The number of morpholine rings is 1. The molecule has 1 atom stereocenters. The van der Waals surface area contributed by atoms with Crippen molar-refractivity contribution in [3.05, 3.63) is 30.5 Å². The van der Waals surface area contributed by atoms with Crippen LogP contribution in [0.4, 0.5) is 5.82 Å². The van der Waals surface area contributed by atoms with Crippen LogP contribution < -0.4 is 9.64 Å². The van der Waals surface area contributed by atoms with Gasteiger partial charge in [-0.05, 0) is 11.1 Å². The Bertz CT molecular complexity index is 1140. The summed E-state index contributed by atoms with van der Waals surface area (Å²) < 4.78 is 34.6. The minimum Gasteiger partial charge on any atom is -0.771 e. The first kappa shape index (κ1) is 23.1. The van der Waals surface area contributed by atoms with Crippen molar-refractivity contribution in [1.29, 1.82) is 0 Å². The van der Waals surface area contributed by atoms with E-state index in [0.717, 1.165) is 67.7 Å². The van der Waals surface area contributed by atoms with E-state index < -0.39 is 11.1 Å². The molecule has 0 N–H and O–H groups in total. The fraction of sp³-hybridized carbons (Fsp3) is 0.524. The molecule has 0 aliphatic carbocycles. The van der Waals surface area contributed by atoms with Crippen LogP contribution in [-0.2, 0) is 22.4 Å². The third-order valence-corrected chi connectivity index (χ3v) is 6.60. The number of ether oxygens (including phenoxy) is 2. The lowest BCUT2D eigenvalue weighted by molar-refractivity contribution is 0.122. The largest absolute Gasteiger partial charge is 0.771 e. The van der Waals surface area contributed by atoms with Crippen LogP contribution in [0.3, 0.4) is 0 Å². The van der Waals surface area contributed by atoms with E-state index in [1.165, 1.54) is 7.11 Å². The highest BCUT2D eigenvalue weighted by molar-refractivity contribution is 7.79. The van der Waals surface area contributed by atoms with Gasteiger partial charge in [0, 0.05) is 76.2 Å². The number of aromatic nitrogens is 5. The Morgan fingerprint density at radius 1 is 1.03 bits per heavy atom. The molecule has 12 nitrogen and oxygen atoms in total. The highest BCUT2D eigenvalue weighted by Crippen LogP contribution is 2.26. The highest BCUT2D eigenvalue weighted by atomic mass is 32.2. The van der Waals surface area contributed by atoms with E-state index in [-0.39, 0.29) is 5.88 Å². The van der Waals surface area contributed by atoms with E-state index in [0.29, 0.717) is 25.8 Å². The molecule has 0 spiro atoms. The van der Waals surface area contributed by atoms with Gasteiger partial charge in [-0.25, -0.2) is 19.9 Å². The van der Waals surface area contributed by atoms with E-state index in [1.54, 1.807) is 12.4 Å². The van der Waals surface area contributed by atoms with E-state index >= 15 is 0 Å². The molecule has 1 unspecified atom stereocenters. The highest BCUT2D eigenvalue weighted by Gasteiger charge is 2.22. The first-order valence-electron chi connectivity index (χ1n) is 11.2. The number of anilines is 1. The van der Waals surface area contributed by atoms with Gasteiger partial charge in [0.25, 0.3) is 0 Å². The van der Waals surface area contributed by atoms with Crippen LogP contribution in [0, 0.1) is 0 Å². The first-order chi connectivity index (χ1) is 16.6. The third kappa shape index (κ3) is 5.18. The lowest BCUT2D eigenvalue weighted by Gasteiger charge is -2.34. The number of imidazole rings is 1. The Morgan fingerprint density at radius 3 is 2.41 bits per heavy atom. The molecular formula is C21H27N8O4S-. The Labute approximate surface area is 199 Å². The zero-order chi connectivity index (χ0) is 23.5. The molecule has 3 aromatic heterocycles. The van der Waals surface area contributed by atoms with Crippen molar-refractivity contribution in [2.24, 2.45) is 0 Å². The lowest BCUT2D eigenvalue weighted by Crippen LogP contribution is -2.46. The van der Waals surface area contributed by atoms with Crippen molar-refractivity contribution in [2.75, 3.05) is 70.4 Å². The van der Waals surface area contributed by atoms with Crippen molar-refractivity contribution < 1.29 is 18.2 Å². The van der Waals surface area contributed by atoms with Crippen molar-refractivity contribution >= 4 is 22.5 Å². The van der Waals surface area contributed by atoms with Gasteiger partial charge in [0.2, 0.25) is 0 Å². The van der Waals surface area contributed by atoms with Gasteiger partial charge in [-0.3, -0.25) is 14.0 Å². The van der Waals surface area contributed by atoms with E-state index in [9.17, 15) is 8.76 Å². The van der Waals surface area contributed by atoms with Crippen molar-refractivity contribution in [3.8, 4) is 17.3 Å². The molecule has 3 aromatic rings. The van der Waals surface area contributed by atoms with Crippen LogP contribution in [0.5, 0.6) is 6.01 Å². The molecule has 2 saturated heterocycles. The third-order valence-electron chi connectivity index (χ3n) is 6.03. The number of hydrogen-bond donors (Lipinski definition) is 0. The molecule has 2 fully saturated rings. The molecule has 0 radical (unpaired) electrons. The summed E-state index contributed by atoms with van der Waals surface area (Å²) in [5.74, 6) is 0.903. The summed E-state index contributed by atoms with van der Waals surface area (Å²) in [5, 5.41) is 0. The fourth-order valence-corrected chi connectivity index (χ4v) is 4.80. The quantitative estimate of drug-likeness (QED) is 0.418. The topological polar surface area (TPSA) is 124 Å². The lowest BCUT2D eigenvalue weighted by atomic mass is 10.2. The number of fused-ring (bicyclic) bond motifs is 1. The minimum atomic E-state index is -2.04. The van der Waals surface area contributed by atoms with Crippen molar-refractivity contribution in [1.82, 2.24) is 34.1 Å². The zero-order valence-corrected chi connectivity index (χ0v) is 19.8. The molecular weight excluding hydrogens is 460 g/mol. The maximum Gasteiger partial charge on any atom is 0.316 e. The average Bonchev–Trinajstić information content (AvgIpc) is 3.27. The molecule has 0 saturated carbocycles. The number of hydrogen-bond acceptors (Lipinski definition) is 11. The Morgan fingerprint density at radius 2 is 1.74 bits per heavy atom. The Balaban J connectivity index is 1.42. The van der Waals surface area contributed by atoms with E-state index in [2.05, 4.69) is 19.8 Å². The van der Waals surface area contributed by atoms with Crippen LogP contribution >= 0.6 is 0 Å². The summed E-state index contributed by atoms with van der Waals surface area (Å²) in [5.41, 5.74) is 3.29. The van der Waals surface area contributed by atoms with Gasteiger partial charge in [0.15, 0.2) is 11.5 Å². The molecule has 2 aliphatic heterocycles. The minimum absolute atomic E-state index is 0.0919. The van der Waals surface area contributed by atoms with Crippen LogP contribution in [0.15, 0.2) is 24.8 Å². The van der Waals surface area contributed by atoms with Crippen LogP contribution in [-0.4, -0.2) is 108 Å². The van der Waals surface area contributed by atoms with Gasteiger partial charge in [-0.15, -0.1) is 0 Å². The summed E-state index contributed by atoms with van der Waals surface area (Å²) in [4.78, 5) is 24.8. The van der Waals surface area contributed by atoms with Crippen LogP contribution in [0.1, 0.15) is 5.69 Å². The van der Waals surface area contributed by atoms with E-state index in [1.807, 2.05) is 21.7 Å². The Kier molecular flexibility index (Phi) is 6.97. The summed E-state index contributed by atoms with van der Waals surface area (Å²) in [7, 11) is 1.54. The van der Waals surface area contributed by atoms with Crippen LogP contribution in [0.25, 0.3) is 16.9 Å². The second-order valence-electron chi connectivity index (χ2n) is 8.30. The average molecular weight is 488 g/mol. The van der Waals surface area contributed by atoms with Crippen molar-refractivity contribution in [2.45, 2.75) is 6.54 Å². The van der Waals surface area contributed by atoms with E-state index in [4.69, 9.17) is 19.4 Å². The molecule has 5 rings (SSSR count). The normalized spacial score (nSPS) is 18.9. The molecule has 182 valence electrons. The molecule has 13 heteroatoms. The summed E-state index contributed by atoms with van der Waals surface area (Å²) >= 11 is -2.04. The first-order valence-corrected chi connectivity index (χ1v) is 12.4. The predicted octanol–water partition coefficient (Wildman–Crippen LogP) is -0.0143. The summed E-state index contributed by atoms with van der Waals surface area (Å²) in [6, 6.07) is 0.310. The van der Waals surface area contributed by atoms with Gasteiger partial charge in [-0.2, -0.15) is 0 Å². The smallest absolute Gasteiger partial charge is 0.316 e. The number of nitrogens with zero attached hydrogens (tertiary/aromatic N) is 8. The molecule has 2 aliphatic rings. The predicted molar refractivity (Wildman–Crippen MR) is 124 cm³/mol. The standard InChI is InChI=1S/C21H28N8O4S/c1-32-21-22-10-16(11-23-21)18-14-29-13-17(12-26-2-4-27(5-3-26)15-34(30)31)24-19(29)20(25-18)28-6-8-33-9-7-28/h10-11,13-14H,2-9,12,15H2,1H3,(H,30,31)/p-1. The SMILES string of the molecule is COc1ncc(-c2cn3cc(CN4CCN(CS(=O)[O-])CC4)nc3c(N3CCOCC3)n2)cn1. The molecule has 34 heavy (non-hydrogen) atoms. The Hall–Kier alpha value is -2.71. The van der Waals surface area contributed by atoms with Gasteiger partial charge < -0.3 is 23.3 Å².